The third kappa shape index (κ3) is 2.29. The first kappa shape index (κ1) is 13.5. The minimum absolute atomic E-state index is 0.441. The van der Waals surface area contributed by atoms with Gasteiger partial charge in [0.05, 0.1) is 0 Å². The van der Waals surface area contributed by atoms with Crippen molar-refractivity contribution in [1.29, 1.82) is 0 Å². The number of aromatic amines is 1. The maximum Gasteiger partial charge on any atom is 0.199 e. The van der Waals surface area contributed by atoms with Crippen LogP contribution >= 0.6 is 12.2 Å². The lowest BCUT2D eigenvalue weighted by Crippen LogP contribution is -2.01. The van der Waals surface area contributed by atoms with E-state index in [0.717, 1.165) is 17.9 Å². The summed E-state index contributed by atoms with van der Waals surface area (Å²) in [6.07, 6.45) is 1.13. The SMILES string of the molecule is Cc1ccc(-n2c([C@@H]3C[C@H]3c3ccccc3)n[nH]c2=S)cc1. The minimum atomic E-state index is 0.441. The van der Waals surface area contributed by atoms with Crippen LogP contribution in [0.25, 0.3) is 5.69 Å². The summed E-state index contributed by atoms with van der Waals surface area (Å²) < 4.78 is 2.74. The van der Waals surface area contributed by atoms with E-state index in [1.54, 1.807) is 0 Å². The molecule has 1 N–H and O–H groups in total. The van der Waals surface area contributed by atoms with Crippen molar-refractivity contribution in [2.45, 2.75) is 25.2 Å². The van der Waals surface area contributed by atoms with Crippen molar-refractivity contribution in [3.05, 3.63) is 76.3 Å². The molecule has 1 saturated carbocycles. The molecule has 1 aliphatic carbocycles. The number of nitrogens with zero attached hydrogens (tertiary/aromatic N) is 2. The second kappa shape index (κ2) is 5.21. The molecule has 3 nitrogen and oxygen atoms in total. The third-order valence-electron chi connectivity index (χ3n) is 4.34. The summed E-state index contributed by atoms with van der Waals surface area (Å²) in [6.45, 7) is 2.09. The smallest absolute Gasteiger partial charge is 0.199 e. The Morgan fingerprint density at radius 1 is 1.05 bits per heavy atom. The minimum Gasteiger partial charge on any atom is -0.272 e. The molecule has 22 heavy (non-hydrogen) atoms. The Kier molecular flexibility index (Phi) is 3.19. The molecule has 2 aromatic carbocycles. The van der Waals surface area contributed by atoms with E-state index in [4.69, 9.17) is 12.2 Å². The normalized spacial score (nSPS) is 20.0. The van der Waals surface area contributed by atoms with Gasteiger partial charge >= 0.3 is 0 Å². The number of nitrogens with one attached hydrogen (secondary N) is 1. The number of rotatable bonds is 3. The molecule has 1 aromatic heterocycles. The van der Waals surface area contributed by atoms with Crippen LogP contribution in [-0.4, -0.2) is 14.8 Å². The summed E-state index contributed by atoms with van der Waals surface area (Å²) in [5.41, 5.74) is 3.71. The van der Waals surface area contributed by atoms with Gasteiger partial charge in [0, 0.05) is 11.6 Å². The van der Waals surface area contributed by atoms with E-state index in [0.29, 0.717) is 16.6 Å². The first-order valence-electron chi connectivity index (χ1n) is 7.53. The van der Waals surface area contributed by atoms with Gasteiger partial charge in [-0.1, -0.05) is 48.0 Å². The van der Waals surface area contributed by atoms with Gasteiger partial charge in [-0.3, -0.25) is 9.67 Å². The highest BCUT2D eigenvalue weighted by Gasteiger charge is 2.43. The molecule has 1 aliphatic rings. The number of aryl methyl sites for hydroxylation is 1. The molecular formula is C18H17N3S. The molecular weight excluding hydrogens is 290 g/mol. The fourth-order valence-corrected chi connectivity index (χ4v) is 3.29. The van der Waals surface area contributed by atoms with Crippen molar-refractivity contribution in [2.24, 2.45) is 0 Å². The lowest BCUT2D eigenvalue weighted by Gasteiger charge is -2.07. The molecule has 1 fully saturated rings. The van der Waals surface area contributed by atoms with E-state index in [-0.39, 0.29) is 0 Å². The zero-order valence-corrected chi connectivity index (χ0v) is 13.2. The van der Waals surface area contributed by atoms with E-state index in [1.165, 1.54) is 11.1 Å². The number of benzene rings is 2. The molecule has 0 radical (unpaired) electrons. The summed E-state index contributed by atoms with van der Waals surface area (Å²) >= 11 is 5.43. The molecule has 0 spiro atoms. The molecule has 0 bridgehead atoms. The van der Waals surface area contributed by atoms with Crippen LogP contribution in [0.15, 0.2) is 54.6 Å². The lowest BCUT2D eigenvalue weighted by atomic mass is 10.1. The van der Waals surface area contributed by atoms with Crippen molar-refractivity contribution in [1.82, 2.24) is 14.8 Å². The van der Waals surface area contributed by atoms with E-state index in [2.05, 4.69) is 76.3 Å². The number of hydrogen-bond acceptors (Lipinski definition) is 2. The summed E-state index contributed by atoms with van der Waals surface area (Å²) in [5.74, 6) is 2.04. The molecule has 0 saturated heterocycles. The predicted octanol–water partition coefficient (Wildman–Crippen LogP) is 4.51. The van der Waals surface area contributed by atoms with Crippen molar-refractivity contribution in [3.63, 3.8) is 0 Å². The van der Waals surface area contributed by atoms with Gasteiger partial charge in [-0.15, -0.1) is 0 Å². The van der Waals surface area contributed by atoms with Crippen molar-refractivity contribution in [3.8, 4) is 5.69 Å². The molecule has 0 aliphatic heterocycles. The second-order valence-corrected chi connectivity index (χ2v) is 6.30. The maximum absolute atomic E-state index is 5.43. The Labute approximate surface area is 134 Å². The molecule has 2 atom stereocenters. The van der Waals surface area contributed by atoms with Gasteiger partial charge in [-0.25, -0.2) is 0 Å². The summed E-state index contributed by atoms with van der Waals surface area (Å²) in [7, 11) is 0. The fraction of sp³-hybridized carbons (Fsp3) is 0.222. The quantitative estimate of drug-likeness (QED) is 0.722. The van der Waals surface area contributed by atoms with Crippen LogP contribution in [0, 0.1) is 11.7 Å². The van der Waals surface area contributed by atoms with Gasteiger partial charge in [-0.05, 0) is 49.2 Å². The molecule has 3 aromatic rings. The zero-order chi connectivity index (χ0) is 15.1. The summed E-state index contributed by atoms with van der Waals surface area (Å²) in [4.78, 5) is 0. The molecule has 0 amide bonds. The third-order valence-corrected chi connectivity index (χ3v) is 4.61. The van der Waals surface area contributed by atoms with Crippen LogP contribution in [-0.2, 0) is 0 Å². The van der Waals surface area contributed by atoms with Crippen LogP contribution in [0.2, 0.25) is 0 Å². The standard InChI is InChI=1S/C18H17N3S/c1-12-7-9-14(10-8-12)21-17(19-20-18(21)22)16-11-15(16)13-5-3-2-4-6-13/h2-10,15-16H,11H2,1H3,(H,20,22)/t15-,16+/m0/s1. The van der Waals surface area contributed by atoms with Crippen molar-refractivity contribution >= 4 is 12.2 Å². The Balaban J connectivity index is 1.70. The second-order valence-electron chi connectivity index (χ2n) is 5.92. The molecule has 110 valence electrons. The van der Waals surface area contributed by atoms with Crippen molar-refractivity contribution in [2.75, 3.05) is 0 Å². The summed E-state index contributed by atoms with van der Waals surface area (Å²) in [5, 5.41) is 7.46. The highest BCUT2D eigenvalue weighted by Crippen LogP contribution is 2.54. The predicted molar refractivity (Wildman–Crippen MR) is 90.0 cm³/mol. The Morgan fingerprint density at radius 2 is 1.77 bits per heavy atom. The Bertz CT molecular complexity index is 846. The first-order chi connectivity index (χ1) is 10.7. The molecule has 1 heterocycles. The van der Waals surface area contributed by atoms with Gasteiger partial charge in [0.2, 0.25) is 0 Å². The van der Waals surface area contributed by atoms with E-state index >= 15 is 0 Å². The Morgan fingerprint density at radius 3 is 2.50 bits per heavy atom. The Hall–Kier alpha value is -2.20. The van der Waals surface area contributed by atoms with Gasteiger partial charge < -0.3 is 0 Å². The van der Waals surface area contributed by atoms with Crippen molar-refractivity contribution < 1.29 is 0 Å². The number of H-pyrrole nitrogens is 1. The average Bonchev–Trinajstić information content (AvgIpc) is 3.25. The average molecular weight is 307 g/mol. The summed E-state index contributed by atoms with van der Waals surface area (Å²) in [6, 6.07) is 19.1. The number of aromatic nitrogens is 3. The van der Waals surface area contributed by atoms with Crippen LogP contribution < -0.4 is 0 Å². The fourth-order valence-electron chi connectivity index (χ4n) is 3.05. The van der Waals surface area contributed by atoms with E-state index in [1.807, 2.05) is 0 Å². The molecule has 4 heteroatoms. The van der Waals surface area contributed by atoms with Gasteiger partial charge in [-0.2, -0.15) is 5.10 Å². The first-order valence-corrected chi connectivity index (χ1v) is 7.94. The van der Waals surface area contributed by atoms with Crippen LogP contribution in [0.3, 0.4) is 0 Å². The number of hydrogen-bond donors (Lipinski definition) is 1. The lowest BCUT2D eigenvalue weighted by molar-refractivity contribution is 0.846. The van der Waals surface area contributed by atoms with Crippen LogP contribution in [0.4, 0.5) is 0 Å². The highest BCUT2D eigenvalue weighted by atomic mass is 32.1. The maximum atomic E-state index is 5.43. The zero-order valence-electron chi connectivity index (χ0n) is 12.4. The molecule has 4 rings (SSSR count). The van der Waals surface area contributed by atoms with E-state index in [9.17, 15) is 0 Å². The van der Waals surface area contributed by atoms with Crippen LogP contribution in [0.5, 0.6) is 0 Å². The van der Waals surface area contributed by atoms with Gasteiger partial charge in [0.1, 0.15) is 5.82 Å². The monoisotopic (exact) mass is 307 g/mol. The van der Waals surface area contributed by atoms with Gasteiger partial charge in [0.25, 0.3) is 0 Å². The topological polar surface area (TPSA) is 33.6 Å². The highest BCUT2D eigenvalue weighted by molar-refractivity contribution is 7.71. The largest absolute Gasteiger partial charge is 0.272 e. The molecule has 0 unspecified atom stereocenters. The van der Waals surface area contributed by atoms with E-state index < -0.39 is 0 Å². The van der Waals surface area contributed by atoms with Gasteiger partial charge in [0.15, 0.2) is 4.77 Å². The van der Waals surface area contributed by atoms with Crippen LogP contribution in [0.1, 0.15) is 35.2 Å².